The van der Waals surface area contributed by atoms with Crippen LogP contribution in [0.2, 0.25) is 0 Å². The first-order valence-corrected chi connectivity index (χ1v) is 23.4. The molecular formula is C53H64BN5O6. The molecule has 0 unspecified atom stereocenters. The number of hydrogen-bond acceptors (Lipinski definition) is 10. The van der Waals surface area contributed by atoms with Crippen molar-refractivity contribution in [2.75, 3.05) is 37.7 Å². The predicted octanol–water partition coefficient (Wildman–Crippen LogP) is 9.32. The SMILES string of the molecule is Cc1c(OC2CCC(OC[C@H](C)N3CCN(c4ccc5c(-c6ccc(OCc7ccccc7)nc6OCc6ccccc6)nn(C)c5c4)CC3)CC2)cccc1B1OC(C)(C)C(C)(C)O1. The summed E-state index contributed by atoms with van der Waals surface area (Å²) in [5.41, 5.74) is 7.42. The molecule has 2 saturated heterocycles. The lowest BCUT2D eigenvalue weighted by Crippen LogP contribution is -2.51. The maximum absolute atomic E-state index is 6.61. The molecule has 3 aliphatic rings. The number of benzene rings is 4. The van der Waals surface area contributed by atoms with Crippen LogP contribution >= 0.6 is 0 Å². The van der Waals surface area contributed by atoms with Crippen LogP contribution in [0.4, 0.5) is 5.69 Å². The molecule has 2 aromatic heterocycles. The van der Waals surface area contributed by atoms with Gasteiger partial charge in [-0.05, 0) is 120 Å². The van der Waals surface area contributed by atoms with Crippen molar-refractivity contribution in [3.05, 3.63) is 126 Å². The highest BCUT2D eigenvalue weighted by Gasteiger charge is 2.52. The van der Waals surface area contributed by atoms with Crippen LogP contribution in [0.25, 0.3) is 22.2 Å². The molecule has 0 spiro atoms. The number of piperazine rings is 1. The standard InChI is InChI=1S/C53H64BN5O6/c1-37(34-60-42-22-24-43(25-23-42)63-48-20-14-19-46(38(48)2)54-64-52(3,4)53(5,6)65-54)58-29-31-59(32-30-58)41-21-26-44-47(33-41)57(7)56-50(44)45-27-28-49(61-35-39-15-10-8-11-16-39)55-51(45)62-36-40-17-12-9-13-18-40/h8-21,26-28,33,37,42-43H,22-25,29-32,34-36H2,1-7H3/t37-,42?,43?/m0/s1. The summed E-state index contributed by atoms with van der Waals surface area (Å²) in [7, 11) is 1.61. The number of rotatable bonds is 15. The van der Waals surface area contributed by atoms with Gasteiger partial charge in [0.25, 0.3) is 0 Å². The van der Waals surface area contributed by atoms with Gasteiger partial charge >= 0.3 is 7.12 Å². The minimum Gasteiger partial charge on any atom is -0.490 e. The summed E-state index contributed by atoms with van der Waals surface area (Å²) < 4.78 is 40.4. The van der Waals surface area contributed by atoms with Crippen molar-refractivity contribution in [2.45, 2.75) is 110 Å². The van der Waals surface area contributed by atoms with E-state index in [1.54, 1.807) is 0 Å². The highest BCUT2D eigenvalue weighted by molar-refractivity contribution is 6.62. The Labute approximate surface area is 385 Å². The van der Waals surface area contributed by atoms with Gasteiger partial charge in [-0.3, -0.25) is 9.58 Å². The molecule has 2 aliphatic heterocycles. The normalized spacial score (nSPS) is 20.2. The minimum atomic E-state index is -0.399. The molecular weight excluding hydrogens is 813 g/mol. The number of nitrogens with zero attached hydrogens (tertiary/aromatic N) is 5. The lowest BCUT2D eigenvalue weighted by atomic mass is 9.76. The van der Waals surface area contributed by atoms with Crippen molar-refractivity contribution in [3.63, 3.8) is 0 Å². The number of ether oxygens (including phenoxy) is 4. The zero-order valence-corrected chi connectivity index (χ0v) is 39.2. The van der Waals surface area contributed by atoms with Crippen molar-refractivity contribution in [1.82, 2.24) is 19.7 Å². The van der Waals surface area contributed by atoms with Gasteiger partial charge in [-0.25, -0.2) is 0 Å². The van der Waals surface area contributed by atoms with Crippen LogP contribution < -0.4 is 24.6 Å². The van der Waals surface area contributed by atoms with Crippen molar-refractivity contribution in [3.8, 4) is 28.8 Å². The largest absolute Gasteiger partial charge is 0.495 e. The third-order valence-electron chi connectivity index (χ3n) is 14.0. The predicted molar refractivity (Wildman–Crippen MR) is 258 cm³/mol. The third kappa shape index (κ3) is 10.1. The molecule has 1 saturated carbocycles. The van der Waals surface area contributed by atoms with Crippen LogP contribution in [0.5, 0.6) is 17.5 Å². The summed E-state index contributed by atoms with van der Waals surface area (Å²) in [5.74, 6) is 1.92. The maximum Gasteiger partial charge on any atom is 0.495 e. The maximum atomic E-state index is 6.61. The van der Waals surface area contributed by atoms with Crippen LogP contribution in [-0.2, 0) is 34.3 Å². The zero-order chi connectivity index (χ0) is 45.1. The average Bonchev–Trinajstić information content (AvgIpc) is 3.77. The van der Waals surface area contributed by atoms with E-state index in [2.05, 4.69) is 99.9 Å². The Kier molecular flexibility index (Phi) is 13.2. The second-order valence-electron chi connectivity index (χ2n) is 19.0. The summed E-state index contributed by atoms with van der Waals surface area (Å²) in [5, 5.41) is 6.08. The van der Waals surface area contributed by atoms with Crippen molar-refractivity contribution < 1.29 is 28.3 Å². The minimum absolute atomic E-state index is 0.176. The molecule has 65 heavy (non-hydrogen) atoms. The summed E-state index contributed by atoms with van der Waals surface area (Å²) in [6.07, 6.45) is 4.42. The Bertz CT molecular complexity index is 2520. The van der Waals surface area contributed by atoms with Crippen LogP contribution in [0.15, 0.2) is 109 Å². The molecule has 4 aromatic carbocycles. The Morgan fingerprint density at radius 2 is 1.38 bits per heavy atom. The van der Waals surface area contributed by atoms with E-state index >= 15 is 0 Å². The second-order valence-corrected chi connectivity index (χ2v) is 19.0. The first kappa shape index (κ1) is 44.8. The fourth-order valence-electron chi connectivity index (χ4n) is 9.18. The molecule has 340 valence electrons. The van der Waals surface area contributed by atoms with Crippen LogP contribution in [0.1, 0.15) is 77.0 Å². The number of pyridine rings is 1. The first-order chi connectivity index (χ1) is 31.4. The fraction of sp³-hybridized carbons (Fsp3) is 0.434. The van der Waals surface area contributed by atoms with Gasteiger partial charge in [0.15, 0.2) is 0 Å². The fourth-order valence-corrected chi connectivity index (χ4v) is 9.18. The van der Waals surface area contributed by atoms with Gasteiger partial charge in [-0.1, -0.05) is 72.8 Å². The summed E-state index contributed by atoms with van der Waals surface area (Å²) >= 11 is 0. The molecule has 12 heteroatoms. The molecule has 9 rings (SSSR count). The van der Waals surface area contributed by atoms with E-state index in [-0.39, 0.29) is 23.4 Å². The topological polar surface area (TPSA) is 92.6 Å². The van der Waals surface area contributed by atoms with E-state index in [0.717, 1.165) is 109 Å². The Morgan fingerprint density at radius 3 is 2.06 bits per heavy atom. The molecule has 0 N–H and O–H groups in total. The molecule has 11 nitrogen and oxygen atoms in total. The van der Waals surface area contributed by atoms with Crippen LogP contribution in [0.3, 0.4) is 0 Å². The Morgan fingerprint density at radius 1 is 0.738 bits per heavy atom. The zero-order valence-electron chi connectivity index (χ0n) is 39.2. The molecule has 1 aliphatic carbocycles. The monoisotopic (exact) mass is 877 g/mol. The van der Waals surface area contributed by atoms with Gasteiger partial charge in [0, 0.05) is 56.4 Å². The summed E-state index contributed by atoms with van der Waals surface area (Å²) in [6.45, 7) is 18.2. The second kappa shape index (κ2) is 19.2. The molecule has 3 fully saturated rings. The van der Waals surface area contributed by atoms with Gasteiger partial charge in [0.1, 0.15) is 24.7 Å². The van der Waals surface area contributed by atoms with E-state index in [1.807, 2.05) is 72.4 Å². The first-order valence-electron chi connectivity index (χ1n) is 23.4. The quantitative estimate of drug-likeness (QED) is 0.0930. The smallest absolute Gasteiger partial charge is 0.490 e. The van der Waals surface area contributed by atoms with E-state index < -0.39 is 7.12 Å². The van der Waals surface area contributed by atoms with Crippen molar-refractivity contribution in [2.24, 2.45) is 7.05 Å². The molecule has 0 radical (unpaired) electrons. The lowest BCUT2D eigenvalue weighted by Gasteiger charge is -2.39. The number of anilines is 1. The van der Waals surface area contributed by atoms with Crippen LogP contribution in [0, 0.1) is 6.92 Å². The number of fused-ring (bicyclic) bond motifs is 1. The molecule has 0 bridgehead atoms. The highest BCUT2D eigenvalue weighted by Crippen LogP contribution is 2.39. The van der Waals surface area contributed by atoms with Gasteiger partial charge in [0.05, 0.1) is 41.1 Å². The lowest BCUT2D eigenvalue weighted by molar-refractivity contribution is -0.0222. The van der Waals surface area contributed by atoms with Crippen molar-refractivity contribution >= 4 is 29.2 Å². The number of aromatic nitrogens is 3. The molecule has 6 aromatic rings. The Balaban J connectivity index is 0.776. The van der Waals surface area contributed by atoms with Crippen molar-refractivity contribution in [1.29, 1.82) is 0 Å². The summed E-state index contributed by atoms with van der Waals surface area (Å²) in [6, 6.07) is 37.4. The van der Waals surface area contributed by atoms with Crippen LogP contribution in [-0.4, -0.2) is 89.0 Å². The third-order valence-corrected chi connectivity index (χ3v) is 14.0. The molecule has 0 amide bonds. The average molecular weight is 878 g/mol. The number of hydrogen-bond donors (Lipinski definition) is 0. The molecule has 1 atom stereocenters. The van der Waals surface area contributed by atoms with Gasteiger partial charge in [0.2, 0.25) is 11.8 Å². The van der Waals surface area contributed by atoms with E-state index in [9.17, 15) is 0 Å². The number of aryl methyl sites for hydroxylation is 1. The highest BCUT2D eigenvalue weighted by atomic mass is 16.7. The van der Waals surface area contributed by atoms with E-state index in [1.165, 1.54) is 5.69 Å². The van der Waals surface area contributed by atoms with Gasteiger partial charge < -0.3 is 33.2 Å². The van der Waals surface area contributed by atoms with Gasteiger partial charge in [-0.2, -0.15) is 10.1 Å². The van der Waals surface area contributed by atoms with Gasteiger partial charge in [-0.15, -0.1) is 0 Å². The van der Waals surface area contributed by atoms with E-state index in [0.29, 0.717) is 31.0 Å². The molecule has 4 heterocycles. The Hall–Kier alpha value is -5.40. The summed E-state index contributed by atoms with van der Waals surface area (Å²) in [4.78, 5) is 9.91. The van der Waals surface area contributed by atoms with E-state index in [4.69, 9.17) is 38.3 Å².